The van der Waals surface area contributed by atoms with E-state index >= 15 is 0 Å². The molecule has 62 valence electrons. The van der Waals surface area contributed by atoms with Crippen LogP contribution in [0.5, 0.6) is 0 Å². The van der Waals surface area contributed by atoms with Crippen LogP contribution in [0.15, 0.2) is 24.0 Å². The third-order valence-electron chi connectivity index (χ3n) is 1.14. The molecule has 1 rings (SSSR count). The minimum absolute atomic E-state index is 1.10. The van der Waals surface area contributed by atoms with Gasteiger partial charge in [0, 0.05) is 12.0 Å². The molecule has 1 aliphatic heterocycles. The monoisotopic (exact) mass is 188 g/mol. The maximum atomic E-state index is 3.10. The first-order valence-corrected chi connectivity index (χ1v) is 5.28. The second kappa shape index (κ2) is 4.62. The lowest BCUT2D eigenvalue weighted by Crippen LogP contribution is -2.00. The molecule has 1 heterocycles. The van der Waals surface area contributed by atoms with Gasteiger partial charge in [-0.1, -0.05) is 13.0 Å². The first-order chi connectivity index (χ1) is 5.38. The van der Waals surface area contributed by atoms with Gasteiger partial charge in [-0.3, -0.25) is 0 Å². The Hall–Kier alpha value is -0.220. The van der Waals surface area contributed by atoms with Gasteiger partial charge in [0.1, 0.15) is 0 Å². The Labute approximate surface area is 76.5 Å². The molecule has 0 bridgehead atoms. The molecule has 4 heteroatoms. The topological polar surface area (TPSA) is 15.3 Å². The second-order valence-corrected chi connectivity index (χ2v) is 4.17. The lowest BCUT2D eigenvalue weighted by atomic mass is 10.4. The van der Waals surface area contributed by atoms with Gasteiger partial charge in [0.2, 0.25) is 0 Å². The summed E-state index contributed by atoms with van der Waals surface area (Å²) in [6, 6.07) is 0. The van der Waals surface area contributed by atoms with Crippen LogP contribution in [0.3, 0.4) is 0 Å². The molecule has 11 heavy (non-hydrogen) atoms. The van der Waals surface area contributed by atoms with Crippen LogP contribution in [-0.4, -0.2) is 9.46 Å². The molecule has 0 saturated carbocycles. The Bertz CT molecular complexity index is 177. The summed E-state index contributed by atoms with van der Waals surface area (Å²) in [5, 5.41) is 0. The normalized spacial score (nSPS) is 17.3. The van der Waals surface area contributed by atoms with E-state index in [2.05, 4.69) is 21.4 Å². The molecule has 0 aromatic carbocycles. The van der Waals surface area contributed by atoms with Gasteiger partial charge in [0.15, 0.2) is 0 Å². The van der Waals surface area contributed by atoms with Crippen molar-refractivity contribution >= 4 is 24.1 Å². The summed E-state index contributed by atoms with van der Waals surface area (Å²) in [5.41, 5.74) is 1.23. The molecule has 0 aromatic heterocycles. The molecule has 2 nitrogen and oxygen atoms in total. The van der Waals surface area contributed by atoms with E-state index in [4.69, 9.17) is 0 Å². The van der Waals surface area contributed by atoms with Crippen molar-refractivity contribution in [3.63, 3.8) is 0 Å². The van der Waals surface area contributed by atoms with Crippen LogP contribution < -0.4 is 4.72 Å². The van der Waals surface area contributed by atoms with Crippen LogP contribution in [0.25, 0.3) is 0 Å². The van der Waals surface area contributed by atoms with Gasteiger partial charge in [-0.05, 0) is 24.9 Å². The van der Waals surface area contributed by atoms with Crippen LogP contribution in [0.2, 0.25) is 0 Å². The molecule has 0 atom stereocenters. The lowest BCUT2D eigenvalue weighted by Gasteiger charge is -2.13. The van der Waals surface area contributed by atoms with Crippen molar-refractivity contribution in [1.29, 1.82) is 0 Å². The summed E-state index contributed by atoms with van der Waals surface area (Å²) in [6.07, 6.45) is 6.14. The average molecular weight is 188 g/mol. The zero-order chi connectivity index (χ0) is 8.10. The molecule has 0 spiro atoms. The molecule has 0 unspecified atom stereocenters. The SMILES string of the molecule is C/C=C/C1=CNSN1SCC. The zero-order valence-corrected chi connectivity index (χ0v) is 8.34. The van der Waals surface area contributed by atoms with Gasteiger partial charge >= 0.3 is 0 Å². The quantitative estimate of drug-likeness (QED) is 0.684. The van der Waals surface area contributed by atoms with Crippen LogP contribution in [0.1, 0.15) is 13.8 Å². The maximum absolute atomic E-state index is 3.10. The third kappa shape index (κ3) is 2.38. The summed E-state index contributed by atoms with van der Waals surface area (Å²) < 4.78 is 5.27. The molecular formula is C7H12N2S2. The van der Waals surface area contributed by atoms with Crippen molar-refractivity contribution in [1.82, 2.24) is 8.43 Å². The van der Waals surface area contributed by atoms with E-state index in [0.717, 1.165) is 5.75 Å². The van der Waals surface area contributed by atoms with Gasteiger partial charge < -0.3 is 4.72 Å². The molecule has 0 saturated heterocycles. The van der Waals surface area contributed by atoms with E-state index in [0.29, 0.717) is 0 Å². The highest BCUT2D eigenvalue weighted by atomic mass is 32.2. The molecule has 0 amide bonds. The van der Waals surface area contributed by atoms with Crippen molar-refractivity contribution in [3.8, 4) is 0 Å². The van der Waals surface area contributed by atoms with Crippen molar-refractivity contribution in [2.45, 2.75) is 13.8 Å². The fourth-order valence-electron chi connectivity index (χ4n) is 0.738. The number of allylic oxidation sites excluding steroid dienone is 2. The predicted molar refractivity (Wildman–Crippen MR) is 53.6 cm³/mol. The average Bonchev–Trinajstić information content (AvgIpc) is 2.39. The number of hydrogen-bond donors (Lipinski definition) is 1. The minimum Gasteiger partial charge on any atom is -0.316 e. The van der Waals surface area contributed by atoms with E-state index in [9.17, 15) is 0 Å². The van der Waals surface area contributed by atoms with Crippen molar-refractivity contribution < 1.29 is 0 Å². The van der Waals surface area contributed by atoms with Gasteiger partial charge in [0.25, 0.3) is 0 Å². The summed E-state index contributed by atoms with van der Waals surface area (Å²) >= 11 is 3.42. The predicted octanol–water partition coefficient (Wildman–Crippen LogP) is 2.54. The van der Waals surface area contributed by atoms with E-state index in [-0.39, 0.29) is 0 Å². The van der Waals surface area contributed by atoms with Crippen molar-refractivity contribution in [2.75, 3.05) is 5.75 Å². The summed E-state index contributed by atoms with van der Waals surface area (Å²) in [5.74, 6) is 1.10. The van der Waals surface area contributed by atoms with E-state index in [1.807, 2.05) is 19.2 Å². The fourth-order valence-corrected chi connectivity index (χ4v) is 2.38. The molecular weight excluding hydrogens is 176 g/mol. The van der Waals surface area contributed by atoms with Crippen molar-refractivity contribution in [3.05, 3.63) is 24.0 Å². The molecule has 1 N–H and O–H groups in total. The largest absolute Gasteiger partial charge is 0.316 e. The Morgan fingerprint density at radius 1 is 1.82 bits per heavy atom. The Balaban J connectivity index is 2.48. The molecule has 0 fully saturated rings. The van der Waals surface area contributed by atoms with Gasteiger partial charge in [-0.25, -0.2) is 3.71 Å². The van der Waals surface area contributed by atoms with Gasteiger partial charge in [-0.15, -0.1) is 0 Å². The highest BCUT2D eigenvalue weighted by Gasteiger charge is 2.12. The Morgan fingerprint density at radius 2 is 2.64 bits per heavy atom. The van der Waals surface area contributed by atoms with Crippen LogP contribution in [0, 0.1) is 0 Å². The van der Waals surface area contributed by atoms with Gasteiger partial charge in [-0.2, -0.15) is 0 Å². The van der Waals surface area contributed by atoms with Crippen molar-refractivity contribution in [2.24, 2.45) is 0 Å². The number of nitrogens with zero attached hydrogens (tertiary/aromatic N) is 1. The molecule has 1 aliphatic rings. The smallest absolute Gasteiger partial charge is 0.0794 e. The molecule has 0 aromatic rings. The molecule has 0 aliphatic carbocycles. The number of hydrogen-bond acceptors (Lipinski definition) is 4. The Morgan fingerprint density at radius 3 is 3.27 bits per heavy atom. The summed E-state index contributed by atoms with van der Waals surface area (Å²) in [7, 11) is 0. The van der Waals surface area contributed by atoms with E-state index < -0.39 is 0 Å². The number of nitrogens with one attached hydrogen (secondary N) is 1. The molecule has 0 radical (unpaired) electrons. The highest BCUT2D eigenvalue weighted by Crippen LogP contribution is 2.30. The van der Waals surface area contributed by atoms with Crippen LogP contribution in [0.4, 0.5) is 0 Å². The van der Waals surface area contributed by atoms with Gasteiger partial charge in [0.05, 0.1) is 17.8 Å². The van der Waals surface area contributed by atoms with Crippen LogP contribution >= 0.6 is 24.1 Å². The first-order valence-electron chi connectivity index (χ1n) is 3.57. The fraction of sp³-hybridized carbons (Fsp3) is 0.429. The number of rotatable bonds is 3. The summed E-state index contributed by atoms with van der Waals surface area (Å²) in [4.78, 5) is 0. The minimum atomic E-state index is 1.10. The summed E-state index contributed by atoms with van der Waals surface area (Å²) in [6.45, 7) is 4.18. The third-order valence-corrected chi connectivity index (χ3v) is 2.98. The Kier molecular flexibility index (Phi) is 3.72. The first kappa shape index (κ1) is 8.87. The standard InChI is InChI=1S/C7H12N2S2/c1-3-5-7-6-8-11-9(7)10-4-2/h3,5-6,8H,4H2,1-2H3/b5-3+. The second-order valence-electron chi connectivity index (χ2n) is 1.95. The lowest BCUT2D eigenvalue weighted by molar-refractivity contribution is 0.984. The maximum Gasteiger partial charge on any atom is 0.0794 e. The van der Waals surface area contributed by atoms with E-state index in [1.165, 1.54) is 5.70 Å². The van der Waals surface area contributed by atoms with E-state index in [1.54, 1.807) is 24.1 Å². The highest BCUT2D eigenvalue weighted by molar-refractivity contribution is 8.11. The zero-order valence-electron chi connectivity index (χ0n) is 6.70. The van der Waals surface area contributed by atoms with Crippen LogP contribution in [-0.2, 0) is 0 Å².